The standard InChI is InChI=1S/C25H24FN5OS/c1-17-21-23(31-13-11-30(12-14-31)20-5-3-2-4-6-20)28-16-29-25(21)33-22(17)24(32)27-15-18-7-9-19(26)10-8-18/h2-10,16H,11-15H2,1H3,(H,27,32). The van der Waals surface area contributed by atoms with Crippen molar-refractivity contribution in [3.05, 3.63) is 82.7 Å². The summed E-state index contributed by atoms with van der Waals surface area (Å²) >= 11 is 1.38. The van der Waals surface area contributed by atoms with Crippen LogP contribution in [0.2, 0.25) is 0 Å². The van der Waals surface area contributed by atoms with Gasteiger partial charge in [-0.05, 0) is 42.3 Å². The van der Waals surface area contributed by atoms with Crippen LogP contribution in [0.25, 0.3) is 10.2 Å². The van der Waals surface area contributed by atoms with Crippen LogP contribution >= 0.6 is 11.3 Å². The lowest BCUT2D eigenvalue weighted by atomic mass is 10.1. The topological polar surface area (TPSA) is 61.4 Å². The van der Waals surface area contributed by atoms with E-state index < -0.39 is 0 Å². The Morgan fingerprint density at radius 3 is 2.42 bits per heavy atom. The van der Waals surface area contributed by atoms with Gasteiger partial charge in [-0.2, -0.15) is 0 Å². The minimum absolute atomic E-state index is 0.153. The monoisotopic (exact) mass is 461 g/mol. The lowest BCUT2D eigenvalue weighted by Crippen LogP contribution is -2.46. The molecule has 3 heterocycles. The molecule has 0 radical (unpaired) electrons. The van der Waals surface area contributed by atoms with E-state index in [0.29, 0.717) is 11.4 Å². The number of para-hydroxylation sites is 1. The predicted molar refractivity (Wildman–Crippen MR) is 131 cm³/mol. The van der Waals surface area contributed by atoms with Crippen LogP contribution in [0.1, 0.15) is 20.8 Å². The third kappa shape index (κ3) is 4.39. The van der Waals surface area contributed by atoms with Gasteiger partial charge in [0, 0.05) is 38.4 Å². The van der Waals surface area contributed by atoms with Crippen LogP contribution in [0.4, 0.5) is 15.9 Å². The fraction of sp³-hybridized carbons (Fsp3) is 0.240. The van der Waals surface area contributed by atoms with Crippen molar-refractivity contribution < 1.29 is 9.18 Å². The molecule has 1 fully saturated rings. The molecule has 0 bridgehead atoms. The van der Waals surface area contributed by atoms with Gasteiger partial charge in [0.2, 0.25) is 0 Å². The Balaban J connectivity index is 1.34. The highest BCUT2D eigenvalue weighted by Gasteiger charge is 2.24. The Bertz CT molecular complexity index is 1270. The van der Waals surface area contributed by atoms with Gasteiger partial charge in [-0.25, -0.2) is 14.4 Å². The Morgan fingerprint density at radius 1 is 1.00 bits per heavy atom. The van der Waals surface area contributed by atoms with Crippen LogP contribution in [-0.2, 0) is 6.54 Å². The summed E-state index contributed by atoms with van der Waals surface area (Å²) in [7, 11) is 0. The number of nitrogens with one attached hydrogen (secondary N) is 1. The van der Waals surface area contributed by atoms with E-state index in [1.54, 1.807) is 18.5 Å². The Kier molecular flexibility index (Phi) is 5.92. The Morgan fingerprint density at radius 2 is 1.70 bits per heavy atom. The largest absolute Gasteiger partial charge is 0.368 e. The van der Waals surface area contributed by atoms with Crippen molar-refractivity contribution in [1.82, 2.24) is 15.3 Å². The van der Waals surface area contributed by atoms with Crippen molar-refractivity contribution in [3.8, 4) is 0 Å². The van der Waals surface area contributed by atoms with Crippen molar-refractivity contribution in [2.24, 2.45) is 0 Å². The maximum absolute atomic E-state index is 13.1. The highest BCUT2D eigenvalue weighted by molar-refractivity contribution is 7.20. The Labute approximate surface area is 195 Å². The van der Waals surface area contributed by atoms with E-state index in [9.17, 15) is 9.18 Å². The average Bonchev–Trinajstić information content (AvgIpc) is 3.21. The number of amides is 1. The second-order valence-corrected chi connectivity index (χ2v) is 9.05. The number of carbonyl (C=O) groups excluding carboxylic acids is 1. The minimum atomic E-state index is -0.291. The summed E-state index contributed by atoms with van der Waals surface area (Å²) in [6.07, 6.45) is 1.58. The smallest absolute Gasteiger partial charge is 0.261 e. The van der Waals surface area contributed by atoms with E-state index in [-0.39, 0.29) is 11.7 Å². The quantitative estimate of drug-likeness (QED) is 0.478. The van der Waals surface area contributed by atoms with Gasteiger partial charge in [0.25, 0.3) is 5.91 Å². The summed E-state index contributed by atoms with van der Waals surface area (Å²) in [6, 6.07) is 16.6. The van der Waals surface area contributed by atoms with Crippen LogP contribution in [0.15, 0.2) is 60.9 Å². The summed E-state index contributed by atoms with van der Waals surface area (Å²) in [4.78, 5) is 28.1. The van der Waals surface area contributed by atoms with Crippen LogP contribution in [0.3, 0.4) is 0 Å². The fourth-order valence-corrected chi connectivity index (χ4v) is 5.25. The van der Waals surface area contributed by atoms with Crippen molar-refractivity contribution in [2.45, 2.75) is 13.5 Å². The second-order valence-electron chi connectivity index (χ2n) is 8.05. The number of benzene rings is 2. The van der Waals surface area contributed by atoms with Gasteiger partial charge in [0.15, 0.2) is 0 Å². The predicted octanol–water partition coefficient (Wildman–Crippen LogP) is 4.40. The molecule has 1 saturated heterocycles. The molecule has 2 aromatic heterocycles. The van der Waals surface area contributed by atoms with Gasteiger partial charge in [0.05, 0.1) is 10.3 Å². The molecule has 0 saturated carbocycles. The Hall–Kier alpha value is -3.52. The molecule has 2 aromatic carbocycles. The van der Waals surface area contributed by atoms with Gasteiger partial charge in [0.1, 0.15) is 22.8 Å². The SMILES string of the molecule is Cc1c(C(=O)NCc2ccc(F)cc2)sc2ncnc(N3CCN(c4ccccc4)CC3)c12. The molecule has 1 amide bonds. The average molecular weight is 462 g/mol. The number of piperazine rings is 1. The molecule has 6 nitrogen and oxygen atoms in total. The molecule has 8 heteroatoms. The third-order valence-electron chi connectivity index (χ3n) is 5.98. The highest BCUT2D eigenvalue weighted by Crippen LogP contribution is 2.35. The number of aryl methyl sites for hydroxylation is 1. The zero-order valence-electron chi connectivity index (χ0n) is 18.3. The van der Waals surface area contributed by atoms with Crippen LogP contribution in [0, 0.1) is 12.7 Å². The first-order chi connectivity index (χ1) is 16.1. The molecule has 0 aliphatic carbocycles. The number of rotatable bonds is 5. The zero-order chi connectivity index (χ0) is 22.8. The molecular formula is C25H24FN5OS. The van der Waals surface area contributed by atoms with Crippen LogP contribution < -0.4 is 15.1 Å². The van der Waals surface area contributed by atoms with E-state index in [4.69, 9.17) is 0 Å². The summed E-state index contributed by atoms with van der Waals surface area (Å²) in [5.74, 6) is 0.444. The lowest BCUT2D eigenvalue weighted by molar-refractivity contribution is 0.0954. The second kappa shape index (κ2) is 9.15. The maximum Gasteiger partial charge on any atom is 0.261 e. The molecule has 33 heavy (non-hydrogen) atoms. The number of nitrogens with zero attached hydrogens (tertiary/aromatic N) is 4. The lowest BCUT2D eigenvalue weighted by Gasteiger charge is -2.37. The molecule has 0 atom stereocenters. The summed E-state index contributed by atoms with van der Waals surface area (Å²) in [5, 5.41) is 3.89. The molecule has 168 valence electrons. The maximum atomic E-state index is 13.1. The minimum Gasteiger partial charge on any atom is -0.368 e. The zero-order valence-corrected chi connectivity index (χ0v) is 19.1. The van der Waals surface area contributed by atoms with E-state index >= 15 is 0 Å². The third-order valence-corrected chi connectivity index (χ3v) is 7.18. The van der Waals surface area contributed by atoms with Crippen molar-refractivity contribution in [1.29, 1.82) is 0 Å². The number of fused-ring (bicyclic) bond motifs is 1. The summed E-state index contributed by atoms with van der Waals surface area (Å²) in [5.41, 5.74) is 2.98. The number of anilines is 2. The van der Waals surface area contributed by atoms with Gasteiger partial charge >= 0.3 is 0 Å². The first-order valence-electron chi connectivity index (χ1n) is 10.9. The molecule has 0 spiro atoms. The van der Waals surface area contributed by atoms with Gasteiger partial charge in [-0.15, -0.1) is 11.3 Å². The van der Waals surface area contributed by atoms with Crippen molar-refractivity contribution >= 4 is 39.0 Å². The number of halogens is 1. The fourth-order valence-electron chi connectivity index (χ4n) is 4.19. The van der Waals surface area contributed by atoms with Crippen LogP contribution in [0.5, 0.6) is 0 Å². The number of hydrogen-bond acceptors (Lipinski definition) is 6. The normalized spacial score (nSPS) is 14.0. The van der Waals surface area contributed by atoms with Crippen molar-refractivity contribution in [3.63, 3.8) is 0 Å². The first-order valence-corrected chi connectivity index (χ1v) is 11.7. The van der Waals surface area contributed by atoms with Crippen LogP contribution in [-0.4, -0.2) is 42.1 Å². The first kappa shape index (κ1) is 21.3. The number of thiophene rings is 1. The molecule has 0 unspecified atom stereocenters. The molecular weight excluding hydrogens is 437 g/mol. The van der Waals surface area contributed by atoms with Gasteiger partial charge in [-0.1, -0.05) is 30.3 Å². The highest BCUT2D eigenvalue weighted by atomic mass is 32.1. The summed E-state index contributed by atoms with van der Waals surface area (Å²) in [6.45, 7) is 5.81. The molecule has 4 aromatic rings. The van der Waals surface area contributed by atoms with Gasteiger partial charge in [-0.3, -0.25) is 4.79 Å². The van der Waals surface area contributed by atoms with Crippen molar-refractivity contribution in [2.75, 3.05) is 36.0 Å². The molecule has 1 aliphatic rings. The van der Waals surface area contributed by atoms with Gasteiger partial charge < -0.3 is 15.1 Å². The number of hydrogen-bond donors (Lipinski definition) is 1. The number of carbonyl (C=O) groups is 1. The van der Waals surface area contributed by atoms with E-state index in [0.717, 1.165) is 53.3 Å². The number of aromatic nitrogens is 2. The van der Waals surface area contributed by atoms with E-state index in [1.807, 2.05) is 13.0 Å². The molecule has 1 N–H and O–H groups in total. The van der Waals surface area contributed by atoms with E-state index in [1.165, 1.54) is 29.2 Å². The summed E-state index contributed by atoms with van der Waals surface area (Å²) < 4.78 is 13.1. The molecule has 5 rings (SSSR count). The molecule has 1 aliphatic heterocycles. The van der Waals surface area contributed by atoms with E-state index in [2.05, 4.69) is 49.4 Å².